The highest BCUT2D eigenvalue weighted by Crippen LogP contribution is 2.39. The van der Waals surface area contributed by atoms with Gasteiger partial charge >= 0.3 is 6.01 Å². The van der Waals surface area contributed by atoms with Crippen molar-refractivity contribution in [3.8, 4) is 11.7 Å². The maximum atomic E-state index is 6.25. The second-order valence-corrected chi connectivity index (χ2v) is 8.89. The molecule has 4 heteroatoms. The van der Waals surface area contributed by atoms with Gasteiger partial charge in [0.25, 0.3) is 0 Å². The van der Waals surface area contributed by atoms with Crippen LogP contribution in [-0.2, 0) is 0 Å². The molecule has 0 amide bonds. The fraction of sp³-hybridized carbons (Fsp3) is 0. The van der Waals surface area contributed by atoms with E-state index in [1.54, 1.807) is 0 Å². The van der Waals surface area contributed by atoms with Crippen LogP contribution in [0.2, 0.25) is 0 Å². The quantitative estimate of drug-likeness (QED) is 0.268. The van der Waals surface area contributed by atoms with Crippen molar-refractivity contribution in [3.63, 3.8) is 0 Å². The Morgan fingerprint density at radius 2 is 1.06 bits per heavy atom. The van der Waals surface area contributed by atoms with Crippen LogP contribution in [0.4, 0.5) is 0 Å². The van der Waals surface area contributed by atoms with Crippen molar-refractivity contribution in [1.82, 2.24) is 14.1 Å². The second kappa shape index (κ2) is 6.84. The van der Waals surface area contributed by atoms with Gasteiger partial charge in [0.2, 0.25) is 0 Å². The summed E-state index contributed by atoms with van der Waals surface area (Å²) in [5, 5.41) is 4.78. The van der Waals surface area contributed by atoms with Gasteiger partial charge < -0.3 is 8.98 Å². The molecule has 8 aromatic rings. The highest BCUT2D eigenvalue weighted by atomic mass is 16.4. The Morgan fingerprint density at radius 3 is 1.77 bits per heavy atom. The minimum Gasteiger partial charge on any atom is -0.423 e. The summed E-state index contributed by atoms with van der Waals surface area (Å²) in [5.41, 5.74) is 7.34. The van der Waals surface area contributed by atoms with E-state index in [2.05, 4.69) is 100 Å². The summed E-state index contributed by atoms with van der Waals surface area (Å²) in [6, 6.07) is 40.8. The zero-order chi connectivity index (χ0) is 22.9. The lowest BCUT2D eigenvalue weighted by Crippen LogP contribution is -1.94. The number of nitrogens with zero attached hydrogens (tertiary/aromatic N) is 3. The van der Waals surface area contributed by atoms with Crippen LogP contribution in [0.3, 0.4) is 0 Å². The fourth-order valence-electron chi connectivity index (χ4n) is 5.45. The van der Waals surface area contributed by atoms with Gasteiger partial charge in [0.05, 0.1) is 22.1 Å². The standard InChI is InChI=1S/C31H19N3O/c1-2-10-20(11-3-1)33-26-15-7-4-12-21(26)23-19-29-24(18-28(23)33)22-13-5-8-16-27(22)34(29)31-32-25-14-6-9-17-30(25)35-31/h1-19H. The maximum absolute atomic E-state index is 6.25. The zero-order valence-electron chi connectivity index (χ0n) is 18.7. The highest BCUT2D eigenvalue weighted by molar-refractivity contribution is 6.18. The molecule has 3 heterocycles. The normalized spacial score (nSPS) is 12.0. The molecule has 35 heavy (non-hydrogen) atoms. The van der Waals surface area contributed by atoms with E-state index in [9.17, 15) is 0 Å². The van der Waals surface area contributed by atoms with Gasteiger partial charge in [-0.2, -0.15) is 4.98 Å². The lowest BCUT2D eigenvalue weighted by atomic mass is 10.1. The van der Waals surface area contributed by atoms with Crippen LogP contribution >= 0.6 is 0 Å². The molecule has 0 saturated carbocycles. The first kappa shape index (κ1) is 18.6. The van der Waals surface area contributed by atoms with Gasteiger partial charge in [-0.05, 0) is 48.5 Å². The van der Waals surface area contributed by atoms with Gasteiger partial charge in [-0.1, -0.05) is 66.7 Å². The molecule has 4 nitrogen and oxygen atoms in total. The van der Waals surface area contributed by atoms with Crippen LogP contribution in [-0.4, -0.2) is 14.1 Å². The van der Waals surface area contributed by atoms with Crippen LogP contribution in [0, 0.1) is 0 Å². The Labute approximate surface area is 200 Å². The van der Waals surface area contributed by atoms with E-state index in [1.807, 2.05) is 24.3 Å². The van der Waals surface area contributed by atoms with Gasteiger partial charge in [0.15, 0.2) is 5.58 Å². The third-order valence-corrected chi connectivity index (χ3v) is 6.95. The average molecular weight is 450 g/mol. The van der Waals surface area contributed by atoms with Gasteiger partial charge in [0, 0.05) is 27.2 Å². The van der Waals surface area contributed by atoms with Gasteiger partial charge in [-0.3, -0.25) is 4.57 Å². The van der Waals surface area contributed by atoms with Crippen molar-refractivity contribution < 1.29 is 4.42 Å². The average Bonchev–Trinajstić information content (AvgIpc) is 3.57. The summed E-state index contributed by atoms with van der Waals surface area (Å²) >= 11 is 0. The van der Waals surface area contributed by atoms with Gasteiger partial charge in [-0.15, -0.1) is 0 Å². The lowest BCUT2D eigenvalue weighted by Gasteiger charge is -2.07. The molecular weight excluding hydrogens is 430 g/mol. The van der Waals surface area contributed by atoms with Crippen molar-refractivity contribution in [2.75, 3.05) is 0 Å². The molecule has 164 valence electrons. The van der Waals surface area contributed by atoms with E-state index >= 15 is 0 Å². The molecule has 0 fully saturated rings. The van der Waals surface area contributed by atoms with E-state index in [0.717, 1.165) is 27.8 Å². The number of fused-ring (bicyclic) bond motifs is 7. The first-order valence-corrected chi connectivity index (χ1v) is 11.7. The molecule has 0 aliphatic rings. The summed E-state index contributed by atoms with van der Waals surface area (Å²) in [7, 11) is 0. The van der Waals surface area contributed by atoms with Crippen LogP contribution in [0.15, 0.2) is 120 Å². The zero-order valence-corrected chi connectivity index (χ0v) is 18.7. The highest BCUT2D eigenvalue weighted by Gasteiger charge is 2.20. The molecule has 0 unspecified atom stereocenters. The lowest BCUT2D eigenvalue weighted by molar-refractivity contribution is 0.574. The third kappa shape index (κ3) is 2.53. The molecule has 0 N–H and O–H groups in total. The van der Waals surface area contributed by atoms with Crippen molar-refractivity contribution >= 4 is 54.7 Å². The molecule has 8 rings (SSSR count). The third-order valence-electron chi connectivity index (χ3n) is 6.95. The van der Waals surface area contributed by atoms with Gasteiger partial charge in [0.1, 0.15) is 5.52 Å². The van der Waals surface area contributed by atoms with Crippen molar-refractivity contribution in [1.29, 1.82) is 0 Å². The molecule has 0 aliphatic heterocycles. The number of rotatable bonds is 2. The predicted molar refractivity (Wildman–Crippen MR) is 143 cm³/mol. The van der Waals surface area contributed by atoms with E-state index in [4.69, 9.17) is 9.40 Å². The molecule has 3 aromatic heterocycles. The summed E-state index contributed by atoms with van der Waals surface area (Å²) in [4.78, 5) is 4.84. The number of aromatic nitrogens is 3. The largest absolute Gasteiger partial charge is 0.423 e. The minimum atomic E-state index is 0.587. The van der Waals surface area contributed by atoms with Crippen LogP contribution in [0.5, 0.6) is 0 Å². The van der Waals surface area contributed by atoms with E-state index in [1.165, 1.54) is 32.6 Å². The Morgan fingerprint density at radius 1 is 0.486 bits per heavy atom. The number of oxazole rings is 1. The van der Waals surface area contributed by atoms with Gasteiger partial charge in [-0.25, -0.2) is 0 Å². The number of hydrogen-bond acceptors (Lipinski definition) is 2. The SMILES string of the molecule is c1ccc(-n2c3ccccc3c3cc4c(cc32)c2ccccc2n4-c2nc3ccccc3o2)cc1. The molecule has 0 bridgehead atoms. The fourth-order valence-corrected chi connectivity index (χ4v) is 5.45. The molecule has 0 atom stereocenters. The molecule has 0 aliphatic carbocycles. The van der Waals surface area contributed by atoms with Crippen LogP contribution in [0.1, 0.15) is 0 Å². The number of para-hydroxylation sites is 5. The maximum Gasteiger partial charge on any atom is 0.307 e. The van der Waals surface area contributed by atoms with E-state index < -0.39 is 0 Å². The van der Waals surface area contributed by atoms with Crippen LogP contribution in [0.25, 0.3) is 66.4 Å². The first-order chi connectivity index (χ1) is 17.4. The number of benzene rings is 5. The summed E-state index contributed by atoms with van der Waals surface area (Å²) in [5.74, 6) is 0. The molecular formula is C31H19N3O. The Balaban J connectivity index is 1.56. The smallest absolute Gasteiger partial charge is 0.307 e. The summed E-state index contributed by atoms with van der Waals surface area (Å²) in [6.07, 6.45) is 0. The minimum absolute atomic E-state index is 0.587. The van der Waals surface area contributed by atoms with Crippen molar-refractivity contribution in [3.05, 3.63) is 115 Å². The number of hydrogen-bond donors (Lipinski definition) is 0. The predicted octanol–water partition coefficient (Wildman–Crippen LogP) is 8.02. The molecule has 0 spiro atoms. The Kier molecular flexibility index (Phi) is 3.63. The molecule has 0 radical (unpaired) electrons. The van der Waals surface area contributed by atoms with Crippen LogP contribution < -0.4 is 0 Å². The monoisotopic (exact) mass is 449 g/mol. The molecule has 0 saturated heterocycles. The summed E-state index contributed by atoms with van der Waals surface area (Å²) < 4.78 is 10.8. The van der Waals surface area contributed by atoms with Crippen molar-refractivity contribution in [2.24, 2.45) is 0 Å². The summed E-state index contributed by atoms with van der Waals surface area (Å²) in [6.45, 7) is 0. The Bertz CT molecular complexity index is 2030. The van der Waals surface area contributed by atoms with Crippen molar-refractivity contribution in [2.45, 2.75) is 0 Å². The topological polar surface area (TPSA) is 35.9 Å². The van der Waals surface area contributed by atoms with E-state index in [0.29, 0.717) is 6.01 Å². The molecule has 5 aromatic carbocycles. The van der Waals surface area contributed by atoms with E-state index in [-0.39, 0.29) is 0 Å². The second-order valence-electron chi connectivity index (χ2n) is 8.89. The Hall–Kier alpha value is -4.83. The first-order valence-electron chi connectivity index (χ1n) is 11.7.